The highest BCUT2D eigenvalue weighted by molar-refractivity contribution is 5.94. The smallest absolute Gasteiger partial charge is 0.164 e. The maximum atomic E-state index is 5.07. The summed E-state index contributed by atoms with van der Waals surface area (Å²) in [5.41, 5.74) is 14.0. The molecule has 2 aromatic heterocycles. The Hall–Kier alpha value is -6.52. The number of aromatic nitrogens is 4. The number of aryl methyl sites for hydroxylation is 2. The van der Waals surface area contributed by atoms with Gasteiger partial charge in [-0.15, -0.1) is 0 Å². The first-order valence-corrected chi connectivity index (χ1v) is 16.8. The van der Waals surface area contributed by atoms with Gasteiger partial charge in [0.1, 0.15) is 0 Å². The van der Waals surface area contributed by atoms with E-state index >= 15 is 0 Å². The van der Waals surface area contributed by atoms with Crippen LogP contribution in [0.1, 0.15) is 11.4 Å². The highest BCUT2D eigenvalue weighted by Gasteiger charge is 2.17. The number of rotatable bonds is 7. The monoisotopic (exact) mass is 642 g/mol. The lowest BCUT2D eigenvalue weighted by Crippen LogP contribution is -2.00. The molecule has 0 atom stereocenters. The Labute approximate surface area is 292 Å². The van der Waals surface area contributed by atoms with Crippen molar-refractivity contribution in [2.75, 3.05) is 0 Å². The second kappa shape index (κ2) is 13.5. The molecule has 0 bridgehead atoms. The van der Waals surface area contributed by atoms with Crippen LogP contribution in [0.25, 0.3) is 78.7 Å². The molecule has 0 radical (unpaired) electrons. The maximum Gasteiger partial charge on any atom is 0.164 e. The first-order valence-electron chi connectivity index (χ1n) is 16.8. The van der Waals surface area contributed by atoms with Gasteiger partial charge in [0.2, 0.25) is 0 Å². The topological polar surface area (TPSA) is 51.6 Å². The van der Waals surface area contributed by atoms with Crippen molar-refractivity contribution in [2.24, 2.45) is 0 Å². The molecule has 0 unspecified atom stereocenters. The van der Waals surface area contributed by atoms with E-state index in [1.54, 1.807) is 0 Å². The minimum atomic E-state index is 0.623. The summed E-state index contributed by atoms with van der Waals surface area (Å²) in [6.45, 7) is 4.07. The van der Waals surface area contributed by atoms with Gasteiger partial charge in [-0.2, -0.15) is 0 Å². The number of benzene rings is 6. The predicted molar refractivity (Wildman–Crippen MR) is 205 cm³/mol. The third-order valence-corrected chi connectivity index (χ3v) is 8.99. The second-order valence-electron chi connectivity index (χ2n) is 12.4. The molecule has 4 nitrogen and oxygen atoms in total. The fourth-order valence-corrected chi connectivity index (χ4v) is 6.53. The van der Waals surface area contributed by atoms with Crippen molar-refractivity contribution < 1.29 is 0 Å². The third kappa shape index (κ3) is 6.23. The van der Waals surface area contributed by atoms with Crippen LogP contribution in [0.2, 0.25) is 0 Å². The molecule has 0 saturated carbocycles. The van der Waals surface area contributed by atoms with E-state index in [1.165, 1.54) is 27.8 Å². The Morgan fingerprint density at radius 3 is 1.30 bits per heavy atom. The maximum absolute atomic E-state index is 5.07. The normalized spacial score (nSPS) is 11.0. The van der Waals surface area contributed by atoms with Crippen LogP contribution in [0.4, 0.5) is 0 Å². The number of nitrogens with zero attached hydrogens (tertiary/aromatic N) is 4. The van der Waals surface area contributed by atoms with Crippen LogP contribution in [0.15, 0.2) is 170 Å². The van der Waals surface area contributed by atoms with E-state index < -0.39 is 0 Å². The fraction of sp³-hybridized carbons (Fsp3) is 0.0435. The predicted octanol–water partition coefficient (Wildman–Crippen LogP) is 11.6. The Morgan fingerprint density at radius 1 is 0.300 bits per heavy atom. The van der Waals surface area contributed by atoms with Crippen LogP contribution in [0, 0.1) is 13.8 Å². The van der Waals surface area contributed by atoms with E-state index in [9.17, 15) is 0 Å². The van der Waals surface area contributed by atoms with Gasteiger partial charge in [0.15, 0.2) is 17.5 Å². The largest absolute Gasteiger partial charge is 0.258 e. The number of hydrogen-bond acceptors (Lipinski definition) is 4. The molecule has 0 spiro atoms. The van der Waals surface area contributed by atoms with E-state index in [0.29, 0.717) is 17.5 Å². The minimum absolute atomic E-state index is 0.623. The van der Waals surface area contributed by atoms with Crippen molar-refractivity contribution in [3.8, 4) is 78.7 Å². The SMILES string of the molecule is Cc1ccc(-c2cccc(-c3nc(-c4ccccc4)nc(-c4ccc(-c5c(-c6ccccc6)cccc5-c5ccccc5)cc4)n3)c2)c(C)n1. The molecule has 0 amide bonds. The average Bonchev–Trinajstić information content (AvgIpc) is 3.18. The van der Waals surface area contributed by atoms with Gasteiger partial charge in [-0.25, -0.2) is 15.0 Å². The summed E-state index contributed by atoms with van der Waals surface area (Å²) in [6.07, 6.45) is 0. The van der Waals surface area contributed by atoms with Gasteiger partial charge in [-0.3, -0.25) is 4.98 Å². The van der Waals surface area contributed by atoms with Gasteiger partial charge in [-0.1, -0.05) is 158 Å². The molecular weight excluding hydrogens is 609 g/mol. The van der Waals surface area contributed by atoms with E-state index in [1.807, 2.05) is 50.2 Å². The summed E-state index contributed by atoms with van der Waals surface area (Å²) in [5.74, 6) is 1.88. The highest BCUT2D eigenvalue weighted by atomic mass is 15.0. The van der Waals surface area contributed by atoms with Crippen LogP contribution in [-0.4, -0.2) is 19.9 Å². The molecule has 6 aromatic carbocycles. The van der Waals surface area contributed by atoms with Crippen LogP contribution >= 0.6 is 0 Å². The molecule has 0 fully saturated rings. The van der Waals surface area contributed by atoms with Gasteiger partial charge >= 0.3 is 0 Å². The molecule has 2 heterocycles. The Kier molecular flexibility index (Phi) is 8.34. The summed E-state index contributed by atoms with van der Waals surface area (Å²) in [4.78, 5) is 19.8. The third-order valence-electron chi connectivity index (χ3n) is 8.99. The van der Waals surface area contributed by atoms with E-state index in [-0.39, 0.29) is 0 Å². The molecule has 8 aromatic rings. The zero-order valence-corrected chi connectivity index (χ0v) is 28.0. The number of pyridine rings is 1. The van der Waals surface area contributed by atoms with Gasteiger partial charge in [0, 0.05) is 33.6 Å². The summed E-state index contributed by atoms with van der Waals surface area (Å²) >= 11 is 0. The molecule has 8 rings (SSSR count). The summed E-state index contributed by atoms with van der Waals surface area (Å²) in [6, 6.07) is 59.0. The zero-order chi connectivity index (χ0) is 33.9. The lowest BCUT2D eigenvalue weighted by atomic mass is 9.87. The summed E-state index contributed by atoms with van der Waals surface area (Å²) < 4.78 is 0. The van der Waals surface area contributed by atoms with Crippen LogP contribution in [0.3, 0.4) is 0 Å². The van der Waals surface area contributed by atoms with Crippen molar-refractivity contribution in [2.45, 2.75) is 13.8 Å². The lowest BCUT2D eigenvalue weighted by Gasteiger charge is -2.17. The Morgan fingerprint density at radius 2 is 0.740 bits per heavy atom. The lowest BCUT2D eigenvalue weighted by molar-refractivity contribution is 1.07. The van der Waals surface area contributed by atoms with E-state index in [0.717, 1.165) is 44.8 Å². The molecular formula is C46H34N4. The Bertz CT molecular complexity index is 2360. The van der Waals surface area contributed by atoms with Gasteiger partial charge in [0.25, 0.3) is 0 Å². The first kappa shape index (κ1) is 30.8. The molecule has 238 valence electrons. The van der Waals surface area contributed by atoms with Crippen LogP contribution in [0.5, 0.6) is 0 Å². The van der Waals surface area contributed by atoms with Crippen LogP contribution in [-0.2, 0) is 0 Å². The molecule has 50 heavy (non-hydrogen) atoms. The van der Waals surface area contributed by atoms with Gasteiger partial charge in [0.05, 0.1) is 0 Å². The highest BCUT2D eigenvalue weighted by Crippen LogP contribution is 2.40. The van der Waals surface area contributed by atoms with Crippen LogP contribution < -0.4 is 0 Å². The number of hydrogen-bond donors (Lipinski definition) is 0. The molecule has 0 aliphatic rings. The quantitative estimate of drug-likeness (QED) is 0.174. The molecule has 0 aliphatic heterocycles. The van der Waals surface area contributed by atoms with Crippen molar-refractivity contribution in [1.82, 2.24) is 19.9 Å². The van der Waals surface area contributed by atoms with Crippen molar-refractivity contribution >= 4 is 0 Å². The molecule has 0 N–H and O–H groups in total. The summed E-state index contributed by atoms with van der Waals surface area (Å²) in [5, 5.41) is 0. The molecule has 4 heteroatoms. The average molecular weight is 643 g/mol. The molecule has 0 aliphatic carbocycles. The molecule has 0 saturated heterocycles. The second-order valence-corrected chi connectivity index (χ2v) is 12.4. The standard InChI is InChI=1S/C46H34N4/c1-31-24-29-40(32(2)47-31)38-20-12-21-39(30-38)46-49-44(36-18-10-5-11-19-36)48-45(50-46)37-27-25-35(26-28-37)43-41(33-14-6-3-7-15-33)22-13-23-42(43)34-16-8-4-9-17-34/h3-30H,1-2H3. The van der Waals surface area contributed by atoms with Crippen molar-refractivity contribution in [3.05, 3.63) is 181 Å². The summed E-state index contributed by atoms with van der Waals surface area (Å²) in [7, 11) is 0. The van der Waals surface area contributed by atoms with Crippen molar-refractivity contribution in [3.63, 3.8) is 0 Å². The minimum Gasteiger partial charge on any atom is -0.258 e. The van der Waals surface area contributed by atoms with Gasteiger partial charge < -0.3 is 0 Å². The van der Waals surface area contributed by atoms with E-state index in [4.69, 9.17) is 19.9 Å². The zero-order valence-electron chi connectivity index (χ0n) is 28.0. The van der Waals surface area contributed by atoms with Crippen molar-refractivity contribution in [1.29, 1.82) is 0 Å². The van der Waals surface area contributed by atoms with Gasteiger partial charge in [-0.05, 0) is 64.9 Å². The first-order chi connectivity index (χ1) is 24.6. The Balaban J connectivity index is 1.24. The fourth-order valence-electron chi connectivity index (χ4n) is 6.53. The van der Waals surface area contributed by atoms with E-state index in [2.05, 4.69) is 133 Å².